The Kier molecular flexibility index (Phi) is 5.10. The Morgan fingerprint density at radius 1 is 1.07 bits per heavy atom. The van der Waals surface area contributed by atoms with Gasteiger partial charge in [-0.1, -0.05) is 35.3 Å². The largest absolute Gasteiger partial charge is 0.434 e. The minimum Gasteiger partial charge on any atom is -0.434 e. The van der Waals surface area contributed by atoms with Crippen molar-refractivity contribution in [3.8, 4) is 11.5 Å². The third kappa shape index (κ3) is 4.06. The highest BCUT2D eigenvalue weighted by atomic mass is 35.5. The Morgan fingerprint density at radius 3 is 2.68 bits per heavy atom. The van der Waals surface area contributed by atoms with E-state index >= 15 is 0 Å². The van der Waals surface area contributed by atoms with E-state index in [-0.39, 0.29) is 5.91 Å². The zero-order chi connectivity index (χ0) is 19.5. The monoisotopic (exact) mass is 409 g/mol. The van der Waals surface area contributed by atoms with E-state index in [0.29, 0.717) is 38.4 Å². The van der Waals surface area contributed by atoms with Crippen LogP contribution in [0.5, 0.6) is 0 Å². The summed E-state index contributed by atoms with van der Waals surface area (Å²) in [4.78, 5) is 20.8. The number of hydrogen-bond donors (Lipinski definition) is 1. The van der Waals surface area contributed by atoms with E-state index in [4.69, 9.17) is 27.6 Å². The van der Waals surface area contributed by atoms with Crippen LogP contribution >= 0.6 is 23.2 Å². The van der Waals surface area contributed by atoms with Gasteiger partial charge in [0.25, 0.3) is 0 Å². The van der Waals surface area contributed by atoms with E-state index in [1.54, 1.807) is 54.7 Å². The number of nitrogens with zero attached hydrogens (tertiary/aromatic N) is 2. The lowest BCUT2D eigenvalue weighted by Crippen LogP contribution is -2.08. The quantitative estimate of drug-likeness (QED) is 0.429. The second kappa shape index (κ2) is 7.84. The number of hydrogen-bond acceptors (Lipinski definition) is 4. The van der Waals surface area contributed by atoms with E-state index in [2.05, 4.69) is 15.3 Å². The molecule has 28 heavy (non-hydrogen) atoms. The summed E-state index contributed by atoms with van der Waals surface area (Å²) in [5.74, 6) is 0.0887. The number of anilines is 1. The predicted molar refractivity (Wildman–Crippen MR) is 111 cm³/mol. The molecule has 4 rings (SSSR count). The molecular weight excluding hydrogens is 397 g/mol. The Balaban J connectivity index is 1.55. The van der Waals surface area contributed by atoms with Crippen molar-refractivity contribution in [2.75, 3.05) is 5.32 Å². The molecule has 0 atom stereocenters. The molecule has 138 valence electrons. The van der Waals surface area contributed by atoms with Gasteiger partial charge < -0.3 is 9.73 Å². The first-order chi connectivity index (χ1) is 13.6. The van der Waals surface area contributed by atoms with E-state index in [1.807, 2.05) is 12.1 Å². The number of oxazole rings is 1. The Hall–Kier alpha value is -3.15. The van der Waals surface area contributed by atoms with Gasteiger partial charge in [-0.15, -0.1) is 0 Å². The highest BCUT2D eigenvalue weighted by molar-refractivity contribution is 6.34. The van der Waals surface area contributed by atoms with E-state index in [0.717, 1.165) is 5.56 Å². The van der Waals surface area contributed by atoms with Gasteiger partial charge in [0.1, 0.15) is 0 Å². The second-order valence-electron chi connectivity index (χ2n) is 5.91. The SMILES string of the molecule is O=C(/C=C/c1ccc(Cl)cc1)Nc1cc(-c2nc3ncccc3o2)ccc1Cl. The first-order valence-electron chi connectivity index (χ1n) is 8.34. The van der Waals surface area contributed by atoms with Crippen LogP contribution in [0.25, 0.3) is 28.8 Å². The van der Waals surface area contributed by atoms with Crippen LogP contribution < -0.4 is 5.32 Å². The maximum absolute atomic E-state index is 12.3. The number of aromatic nitrogens is 2. The van der Waals surface area contributed by atoms with Crippen LogP contribution in [-0.2, 0) is 4.79 Å². The van der Waals surface area contributed by atoms with Gasteiger partial charge in [-0.25, -0.2) is 4.98 Å². The van der Waals surface area contributed by atoms with Crippen LogP contribution in [-0.4, -0.2) is 15.9 Å². The highest BCUT2D eigenvalue weighted by Crippen LogP contribution is 2.30. The van der Waals surface area contributed by atoms with Crippen molar-refractivity contribution < 1.29 is 9.21 Å². The molecular formula is C21H13Cl2N3O2. The average Bonchev–Trinajstić information content (AvgIpc) is 3.13. The zero-order valence-corrected chi connectivity index (χ0v) is 15.9. The first kappa shape index (κ1) is 18.2. The van der Waals surface area contributed by atoms with Gasteiger partial charge in [0.05, 0.1) is 10.7 Å². The molecule has 2 heterocycles. The van der Waals surface area contributed by atoms with Gasteiger partial charge >= 0.3 is 0 Å². The molecule has 4 aromatic rings. The number of rotatable bonds is 4. The maximum Gasteiger partial charge on any atom is 0.248 e. The van der Waals surface area contributed by atoms with Crippen molar-refractivity contribution in [1.82, 2.24) is 9.97 Å². The van der Waals surface area contributed by atoms with Crippen LogP contribution in [0.1, 0.15) is 5.56 Å². The Morgan fingerprint density at radius 2 is 1.89 bits per heavy atom. The fraction of sp³-hybridized carbons (Fsp3) is 0. The van der Waals surface area contributed by atoms with Crippen molar-refractivity contribution >= 4 is 52.1 Å². The summed E-state index contributed by atoms with van der Waals surface area (Å²) in [6, 6.07) is 15.9. The van der Waals surface area contributed by atoms with Gasteiger partial charge in [-0.05, 0) is 54.1 Å². The molecule has 1 N–H and O–H groups in total. The molecule has 0 saturated heterocycles. The van der Waals surface area contributed by atoms with Crippen molar-refractivity contribution in [3.05, 3.63) is 82.5 Å². The molecule has 1 amide bonds. The Bertz CT molecular complexity index is 1150. The van der Waals surface area contributed by atoms with Crippen LogP contribution in [0.2, 0.25) is 10.0 Å². The lowest BCUT2D eigenvalue weighted by molar-refractivity contribution is -0.111. The summed E-state index contributed by atoms with van der Waals surface area (Å²) in [5.41, 5.74) is 3.10. The minimum atomic E-state index is -0.312. The van der Waals surface area contributed by atoms with Crippen LogP contribution in [0, 0.1) is 0 Å². The van der Waals surface area contributed by atoms with Crippen LogP contribution in [0.3, 0.4) is 0 Å². The fourth-order valence-corrected chi connectivity index (χ4v) is 2.86. The van der Waals surface area contributed by atoms with Crippen molar-refractivity contribution in [2.24, 2.45) is 0 Å². The van der Waals surface area contributed by atoms with E-state index in [9.17, 15) is 4.79 Å². The second-order valence-corrected chi connectivity index (χ2v) is 6.76. The number of carbonyl (C=O) groups is 1. The summed E-state index contributed by atoms with van der Waals surface area (Å²) in [6.07, 6.45) is 4.76. The number of halogens is 2. The average molecular weight is 410 g/mol. The molecule has 0 saturated carbocycles. The summed E-state index contributed by atoms with van der Waals surface area (Å²) in [5, 5.41) is 3.81. The lowest BCUT2D eigenvalue weighted by atomic mass is 10.2. The molecule has 0 unspecified atom stereocenters. The number of pyridine rings is 1. The molecule has 2 aromatic heterocycles. The van der Waals surface area contributed by atoms with Gasteiger partial charge in [0, 0.05) is 22.9 Å². The van der Waals surface area contributed by atoms with Gasteiger partial charge in [-0.2, -0.15) is 4.98 Å². The molecule has 5 nitrogen and oxygen atoms in total. The summed E-state index contributed by atoms with van der Waals surface area (Å²) >= 11 is 12.1. The molecule has 0 spiro atoms. The van der Waals surface area contributed by atoms with Crippen molar-refractivity contribution in [2.45, 2.75) is 0 Å². The number of nitrogens with one attached hydrogen (secondary N) is 1. The smallest absolute Gasteiger partial charge is 0.248 e. The van der Waals surface area contributed by atoms with Crippen LogP contribution in [0.15, 0.2) is 71.3 Å². The molecule has 0 radical (unpaired) electrons. The lowest BCUT2D eigenvalue weighted by Gasteiger charge is -2.06. The predicted octanol–water partition coefficient (Wildman–Crippen LogP) is 5.85. The molecule has 0 fully saturated rings. The highest BCUT2D eigenvalue weighted by Gasteiger charge is 2.12. The number of amides is 1. The van der Waals surface area contributed by atoms with Gasteiger partial charge in [0.2, 0.25) is 11.8 Å². The molecule has 0 bridgehead atoms. The van der Waals surface area contributed by atoms with Crippen molar-refractivity contribution in [1.29, 1.82) is 0 Å². The number of benzene rings is 2. The molecule has 7 heteroatoms. The summed E-state index contributed by atoms with van der Waals surface area (Å²) in [7, 11) is 0. The van der Waals surface area contributed by atoms with Crippen molar-refractivity contribution in [3.63, 3.8) is 0 Å². The molecule has 0 aliphatic heterocycles. The standard InChI is InChI=1S/C21H13Cl2N3O2/c22-15-7-3-13(4-8-15)5-10-19(27)25-17-12-14(6-9-16(17)23)21-26-20-18(28-21)2-1-11-24-20/h1-12H,(H,25,27)/b10-5+. The minimum absolute atomic E-state index is 0.312. The molecule has 2 aromatic carbocycles. The topological polar surface area (TPSA) is 68.0 Å². The Labute approximate surface area is 170 Å². The third-order valence-corrected chi connectivity index (χ3v) is 4.51. The molecule has 0 aliphatic carbocycles. The fourth-order valence-electron chi connectivity index (χ4n) is 2.57. The molecule has 0 aliphatic rings. The normalized spacial score (nSPS) is 11.2. The zero-order valence-electron chi connectivity index (χ0n) is 14.4. The summed E-state index contributed by atoms with van der Waals surface area (Å²) < 4.78 is 5.71. The summed E-state index contributed by atoms with van der Waals surface area (Å²) in [6.45, 7) is 0. The van der Waals surface area contributed by atoms with Crippen LogP contribution in [0.4, 0.5) is 5.69 Å². The number of carbonyl (C=O) groups excluding carboxylic acids is 1. The maximum atomic E-state index is 12.3. The van der Waals surface area contributed by atoms with Gasteiger partial charge in [-0.3, -0.25) is 4.79 Å². The van der Waals surface area contributed by atoms with E-state index in [1.165, 1.54) is 6.08 Å². The first-order valence-corrected chi connectivity index (χ1v) is 9.10. The number of fused-ring (bicyclic) bond motifs is 1. The third-order valence-electron chi connectivity index (χ3n) is 3.93. The van der Waals surface area contributed by atoms with E-state index < -0.39 is 0 Å². The van der Waals surface area contributed by atoms with Gasteiger partial charge in [0.15, 0.2) is 11.2 Å².